The molecule has 0 bridgehead atoms. The van der Waals surface area contributed by atoms with Crippen LogP contribution in [0, 0.1) is 5.82 Å². The fraction of sp³-hybridized carbons (Fsp3) is 0.200. The Morgan fingerprint density at radius 2 is 2.03 bits per heavy atom. The summed E-state index contributed by atoms with van der Waals surface area (Å²) in [4.78, 5) is 21.9. The largest absolute Gasteiger partial charge is 0.400 e. The number of hydrogen-bond acceptors (Lipinski definition) is 7. The van der Waals surface area contributed by atoms with Crippen LogP contribution in [-0.4, -0.2) is 44.8 Å². The summed E-state index contributed by atoms with van der Waals surface area (Å²) in [5, 5.41) is 19.9. The van der Waals surface area contributed by atoms with Crippen molar-refractivity contribution in [2.75, 3.05) is 19.0 Å². The number of pyridine rings is 2. The molecule has 0 spiro atoms. The van der Waals surface area contributed by atoms with Crippen molar-refractivity contribution in [3.63, 3.8) is 0 Å². The summed E-state index contributed by atoms with van der Waals surface area (Å²) >= 11 is 0. The molecule has 0 aliphatic carbocycles. The zero-order valence-corrected chi connectivity index (χ0v) is 19.3. The number of benzene rings is 1. The maximum atomic E-state index is 13.5. The van der Waals surface area contributed by atoms with E-state index < -0.39 is 0 Å². The number of aliphatic hydroxyl groups excluding tert-OH is 1. The highest BCUT2D eigenvalue weighted by atomic mass is 19.1. The Balaban J connectivity index is 0.00000167. The molecule has 4 aromatic rings. The van der Waals surface area contributed by atoms with Gasteiger partial charge < -0.3 is 21.5 Å². The number of nitrogens with two attached hydrogens (primary N) is 1. The summed E-state index contributed by atoms with van der Waals surface area (Å²) in [6.45, 7) is 1.07. The SMILES string of the molecule is CO.NCc1ncccc1CNC(=O)c1ccc(-c2cn[nH]c2)nc1NCCc1cccc(F)c1. The van der Waals surface area contributed by atoms with Gasteiger partial charge in [-0.05, 0) is 47.9 Å². The molecule has 0 atom stereocenters. The smallest absolute Gasteiger partial charge is 0.255 e. The maximum Gasteiger partial charge on any atom is 0.255 e. The van der Waals surface area contributed by atoms with Gasteiger partial charge in [-0.3, -0.25) is 14.9 Å². The van der Waals surface area contributed by atoms with Crippen molar-refractivity contribution >= 4 is 11.7 Å². The topological polar surface area (TPSA) is 142 Å². The molecule has 0 radical (unpaired) electrons. The molecule has 1 amide bonds. The fourth-order valence-corrected chi connectivity index (χ4v) is 3.43. The van der Waals surface area contributed by atoms with Gasteiger partial charge in [-0.2, -0.15) is 5.10 Å². The Kier molecular flexibility index (Phi) is 9.40. The summed E-state index contributed by atoms with van der Waals surface area (Å²) in [6, 6.07) is 13.6. The highest BCUT2D eigenvalue weighted by Gasteiger charge is 2.15. The average molecular weight is 478 g/mol. The molecule has 0 aliphatic rings. The highest BCUT2D eigenvalue weighted by molar-refractivity contribution is 5.99. The zero-order valence-electron chi connectivity index (χ0n) is 19.3. The van der Waals surface area contributed by atoms with E-state index >= 15 is 0 Å². The summed E-state index contributed by atoms with van der Waals surface area (Å²) in [5.74, 6) is -0.117. The Morgan fingerprint density at radius 1 is 1.17 bits per heavy atom. The normalized spacial score (nSPS) is 10.3. The molecule has 0 unspecified atom stereocenters. The number of hydrogen-bond donors (Lipinski definition) is 5. The first-order valence-electron chi connectivity index (χ1n) is 11.0. The molecule has 182 valence electrons. The van der Waals surface area contributed by atoms with E-state index in [9.17, 15) is 9.18 Å². The predicted octanol–water partition coefficient (Wildman–Crippen LogP) is 2.66. The number of halogens is 1. The van der Waals surface area contributed by atoms with Crippen molar-refractivity contribution in [2.45, 2.75) is 19.5 Å². The Morgan fingerprint density at radius 3 is 2.77 bits per heavy atom. The van der Waals surface area contributed by atoms with Crippen LogP contribution in [0.15, 0.2) is 67.1 Å². The first-order chi connectivity index (χ1) is 17.1. The van der Waals surface area contributed by atoms with Gasteiger partial charge in [0.15, 0.2) is 0 Å². The third-order valence-corrected chi connectivity index (χ3v) is 5.15. The van der Waals surface area contributed by atoms with E-state index in [4.69, 9.17) is 10.8 Å². The van der Waals surface area contributed by atoms with Crippen LogP contribution in [-0.2, 0) is 19.5 Å². The van der Waals surface area contributed by atoms with Gasteiger partial charge in [0.25, 0.3) is 5.91 Å². The van der Waals surface area contributed by atoms with Gasteiger partial charge in [0.1, 0.15) is 11.6 Å². The second kappa shape index (κ2) is 12.9. The number of nitrogens with one attached hydrogen (secondary N) is 3. The minimum atomic E-state index is -0.278. The van der Waals surface area contributed by atoms with Crippen LogP contribution in [0.4, 0.5) is 10.2 Å². The molecule has 3 aromatic heterocycles. The molecule has 6 N–H and O–H groups in total. The van der Waals surface area contributed by atoms with Crippen molar-refractivity contribution in [3.05, 3.63) is 95.3 Å². The second-order valence-electron chi connectivity index (χ2n) is 7.38. The number of anilines is 1. The predicted molar refractivity (Wildman–Crippen MR) is 132 cm³/mol. The average Bonchev–Trinajstić information content (AvgIpc) is 3.44. The number of aliphatic hydroxyl groups is 1. The van der Waals surface area contributed by atoms with E-state index in [2.05, 4.69) is 30.8 Å². The van der Waals surface area contributed by atoms with E-state index in [-0.39, 0.29) is 11.7 Å². The van der Waals surface area contributed by atoms with Gasteiger partial charge in [0.05, 0.1) is 23.1 Å². The quantitative estimate of drug-likeness (QED) is 0.249. The van der Waals surface area contributed by atoms with Crippen LogP contribution in [0.25, 0.3) is 11.3 Å². The van der Waals surface area contributed by atoms with Gasteiger partial charge in [0, 0.05) is 44.7 Å². The lowest BCUT2D eigenvalue weighted by atomic mass is 10.1. The Hall–Kier alpha value is -4.15. The molecule has 0 fully saturated rings. The summed E-state index contributed by atoms with van der Waals surface area (Å²) < 4.78 is 13.5. The number of rotatable bonds is 9. The van der Waals surface area contributed by atoms with Gasteiger partial charge in [0.2, 0.25) is 0 Å². The van der Waals surface area contributed by atoms with Gasteiger partial charge in [-0.1, -0.05) is 18.2 Å². The third kappa shape index (κ3) is 6.92. The van der Waals surface area contributed by atoms with E-state index in [1.165, 1.54) is 12.1 Å². The van der Waals surface area contributed by atoms with Crippen molar-refractivity contribution < 1.29 is 14.3 Å². The van der Waals surface area contributed by atoms with E-state index in [1.54, 1.807) is 42.9 Å². The molecule has 0 saturated heterocycles. The number of aromatic amines is 1. The Bertz CT molecular complexity index is 1230. The zero-order chi connectivity index (χ0) is 25.0. The van der Waals surface area contributed by atoms with Crippen molar-refractivity contribution in [1.29, 1.82) is 0 Å². The highest BCUT2D eigenvalue weighted by Crippen LogP contribution is 2.21. The molecule has 35 heavy (non-hydrogen) atoms. The lowest BCUT2D eigenvalue weighted by molar-refractivity contribution is 0.0951. The first-order valence-corrected chi connectivity index (χ1v) is 11.0. The van der Waals surface area contributed by atoms with Crippen LogP contribution in [0.5, 0.6) is 0 Å². The number of nitrogens with zero attached hydrogens (tertiary/aromatic N) is 3. The molecular weight excluding hydrogens is 449 g/mol. The van der Waals surface area contributed by atoms with Crippen LogP contribution >= 0.6 is 0 Å². The van der Waals surface area contributed by atoms with Gasteiger partial charge in [-0.25, -0.2) is 9.37 Å². The van der Waals surface area contributed by atoms with E-state index in [1.807, 2.05) is 12.1 Å². The third-order valence-electron chi connectivity index (χ3n) is 5.15. The van der Waals surface area contributed by atoms with Crippen LogP contribution in [0.1, 0.15) is 27.2 Å². The minimum Gasteiger partial charge on any atom is -0.400 e. The number of H-pyrrole nitrogens is 1. The lowest BCUT2D eigenvalue weighted by Crippen LogP contribution is -2.25. The monoisotopic (exact) mass is 477 g/mol. The van der Waals surface area contributed by atoms with Crippen LogP contribution in [0.2, 0.25) is 0 Å². The molecule has 9 nitrogen and oxygen atoms in total. The number of carbonyl (C=O) groups is 1. The van der Waals surface area contributed by atoms with Crippen LogP contribution in [0.3, 0.4) is 0 Å². The summed E-state index contributed by atoms with van der Waals surface area (Å²) in [5.41, 5.74) is 10.1. The molecular formula is C25H28FN7O2. The number of carbonyl (C=O) groups excluding carboxylic acids is 1. The first kappa shape index (κ1) is 25.5. The number of aromatic nitrogens is 4. The van der Waals surface area contributed by atoms with E-state index in [0.29, 0.717) is 43.1 Å². The Labute approximate surface area is 202 Å². The van der Waals surface area contributed by atoms with Crippen molar-refractivity contribution in [3.8, 4) is 11.3 Å². The minimum absolute atomic E-state index is 0.277. The standard InChI is InChI=1S/C24H24FN7O.CH4O/c25-19-5-1-3-16(11-19)8-10-28-23-20(6-7-21(32-23)18-14-30-31-15-18)24(33)29-13-17-4-2-9-27-22(17)12-26;1-2/h1-7,9,11,14-15H,8,10,12-13,26H2,(H,28,32)(H,29,33)(H,30,31);2H,1H3. The molecule has 1 aromatic carbocycles. The van der Waals surface area contributed by atoms with Gasteiger partial charge >= 0.3 is 0 Å². The lowest BCUT2D eigenvalue weighted by Gasteiger charge is -2.14. The molecule has 4 rings (SSSR count). The van der Waals surface area contributed by atoms with Crippen LogP contribution < -0.4 is 16.4 Å². The second-order valence-corrected chi connectivity index (χ2v) is 7.38. The van der Waals surface area contributed by atoms with E-state index in [0.717, 1.165) is 29.5 Å². The maximum absolute atomic E-state index is 13.5. The molecule has 0 aliphatic heterocycles. The molecule has 10 heteroatoms. The fourth-order valence-electron chi connectivity index (χ4n) is 3.43. The molecule has 3 heterocycles. The number of amides is 1. The van der Waals surface area contributed by atoms with Gasteiger partial charge in [-0.15, -0.1) is 0 Å². The summed E-state index contributed by atoms with van der Waals surface area (Å²) in [6.07, 6.45) is 5.64. The molecule has 0 saturated carbocycles. The summed E-state index contributed by atoms with van der Waals surface area (Å²) in [7, 11) is 1.00. The van der Waals surface area contributed by atoms with Crippen molar-refractivity contribution in [2.24, 2.45) is 5.73 Å². The van der Waals surface area contributed by atoms with Crippen molar-refractivity contribution in [1.82, 2.24) is 25.5 Å².